The molecule has 1 heterocycles. The molecule has 0 saturated heterocycles. The number of nitrogens with zero attached hydrogens (tertiary/aromatic N) is 3. The Hall–Kier alpha value is -2.67. The summed E-state index contributed by atoms with van der Waals surface area (Å²) in [6, 6.07) is 21.3. The van der Waals surface area contributed by atoms with Gasteiger partial charge in [-0.25, -0.2) is 0 Å². The van der Waals surface area contributed by atoms with E-state index >= 15 is 0 Å². The van der Waals surface area contributed by atoms with E-state index in [2.05, 4.69) is 10.2 Å². The van der Waals surface area contributed by atoms with Crippen molar-refractivity contribution in [1.82, 2.24) is 14.8 Å². The van der Waals surface area contributed by atoms with Gasteiger partial charge >= 0.3 is 0 Å². The second kappa shape index (κ2) is 9.64. The lowest BCUT2D eigenvalue weighted by atomic mass is 10.2. The highest BCUT2D eigenvalue weighted by molar-refractivity contribution is 7.98. The maximum absolute atomic E-state index is 6.17. The second-order valence-corrected chi connectivity index (χ2v) is 8.37. The van der Waals surface area contributed by atoms with Crippen LogP contribution in [0, 0.1) is 0 Å². The molecule has 0 unspecified atom stereocenters. The maximum atomic E-state index is 6.17. The Bertz CT molecular complexity index is 1180. The van der Waals surface area contributed by atoms with Crippen LogP contribution >= 0.6 is 35.0 Å². The minimum atomic E-state index is 0.536. The number of rotatable bonds is 7. The van der Waals surface area contributed by atoms with Crippen molar-refractivity contribution in [3.63, 3.8) is 0 Å². The molecule has 0 radical (unpaired) electrons. The molecule has 0 bridgehead atoms. The Labute approximate surface area is 194 Å². The maximum Gasteiger partial charge on any atom is 0.196 e. The van der Waals surface area contributed by atoms with Crippen LogP contribution in [0.25, 0.3) is 17.1 Å². The van der Waals surface area contributed by atoms with Gasteiger partial charge in [-0.15, -0.1) is 10.2 Å². The molecule has 0 atom stereocenters. The van der Waals surface area contributed by atoms with Gasteiger partial charge in [0.1, 0.15) is 11.5 Å². The van der Waals surface area contributed by atoms with E-state index in [0.29, 0.717) is 33.1 Å². The third-order valence-electron chi connectivity index (χ3n) is 4.61. The molecule has 0 N–H and O–H groups in total. The van der Waals surface area contributed by atoms with Gasteiger partial charge in [-0.1, -0.05) is 59.2 Å². The highest BCUT2D eigenvalue weighted by Crippen LogP contribution is 2.34. The number of aromatic nitrogens is 3. The number of hydrogen-bond acceptors (Lipinski definition) is 5. The van der Waals surface area contributed by atoms with Crippen molar-refractivity contribution < 1.29 is 9.47 Å². The molecule has 0 fully saturated rings. The smallest absolute Gasteiger partial charge is 0.196 e. The highest BCUT2D eigenvalue weighted by atomic mass is 35.5. The topological polar surface area (TPSA) is 49.2 Å². The molecule has 0 spiro atoms. The first-order valence-corrected chi connectivity index (χ1v) is 11.1. The molecule has 5 nitrogen and oxygen atoms in total. The van der Waals surface area contributed by atoms with Gasteiger partial charge in [0.25, 0.3) is 0 Å². The number of para-hydroxylation sites is 1. The van der Waals surface area contributed by atoms with E-state index < -0.39 is 0 Å². The molecule has 0 saturated carbocycles. The van der Waals surface area contributed by atoms with Crippen LogP contribution < -0.4 is 9.47 Å². The van der Waals surface area contributed by atoms with Crippen LogP contribution in [-0.2, 0) is 5.75 Å². The lowest BCUT2D eigenvalue weighted by molar-refractivity contribution is 0.394. The average Bonchev–Trinajstić information content (AvgIpc) is 3.24. The van der Waals surface area contributed by atoms with Crippen LogP contribution in [-0.4, -0.2) is 29.0 Å². The highest BCUT2D eigenvalue weighted by Gasteiger charge is 2.18. The van der Waals surface area contributed by atoms with E-state index in [9.17, 15) is 0 Å². The molecule has 4 rings (SSSR count). The first-order chi connectivity index (χ1) is 15.1. The van der Waals surface area contributed by atoms with Crippen LogP contribution in [0.3, 0.4) is 0 Å². The van der Waals surface area contributed by atoms with Gasteiger partial charge in [-0.3, -0.25) is 4.57 Å². The van der Waals surface area contributed by atoms with E-state index in [-0.39, 0.29) is 0 Å². The number of halogens is 2. The lowest BCUT2D eigenvalue weighted by Crippen LogP contribution is -2.00. The summed E-state index contributed by atoms with van der Waals surface area (Å²) in [5, 5.41) is 10.8. The molecule has 8 heteroatoms. The van der Waals surface area contributed by atoms with E-state index in [1.165, 1.54) is 0 Å². The van der Waals surface area contributed by atoms with Gasteiger partial charge in [0.15, 0.2) is 11.0 Å². The number of benzene rings is 3. The molecule has 0 aliphatic rings. The predicted molar refractivity (Wildman–Crippen MR) is 126 cm³/mol. The summed E-state index contributed by atoms with van der Waals surface area (Å²) in [6.07, 6.45) is 0. The van der Waals surface area contributed by atoms with E-state index in [4.69, 9.17) is 32.7 Å². The van der Waals surface area contributed by atoms with Gasteiger partial charge in [0.2, 0.25) is 0 Å². The Morgan fingerprint density at radius 3 is 2.19 bits per heavy atom. The summed E-state index contributed by atoms with van der Waals surface area (Å²) < 4.78 is 12.9. The zero-order valence-corrected chi connectivity index (χ0v) is 19.2. The summed E-state index contributed by atoms with van der Waals surface area (Å²) in [4.78, 5) is 0. The van der Waals surface area contributed by atoms with Crippen LogP contribution in [0.1, 0.15) is 5.56 Å². The van der Waals surface area contributed by atoms with E-state index in [1.54, 1.807) is 32.0 Å². The van der Waals surface area contributed by atoms with Crippen molar-refractivity contribution in [3.05, 3.63) is 82.3 Å². The minimum absolute atomic E-state index is 0.536. The fourth-order valence-corrected chi connectivity index (χ4v) is 4.29. The lowest BCUT2D eigenvalue weighted by Gasteiger charge is -2.12. The fraction of sp³-hybridized carbons (Fsp3) is 0.130. The largest absolute Gasteiger partial charge is 0.497 e. The summed E-state index contributed by atoms with van der Waals surface area (Å²) in [5.74, 6) is 2.73. The first kappa shape index (κ1) is 21.6. The molecular weight excluding hydrogens is 453 g/mol. The van der Waals surface area contributed by atoms with Gasteiger partial charge in [0, 0.05) is 23.1 Å². The minimum Gasteiger partial charge on any atom is -0.497 e. The van der Waals surface area contributed by atoms with E-state index in [1.807, 2.05) is 65.2 Å². The molecule has 1 aromatic heterocycles. The molecule has 0 aliphatic carbocycles. The quantitative estimate of drug-likeness (QED) is 0.286. The van der Waals surface area contributed by atoms with Gasteiger partial charge in [-0.05, 0) is 42.0 Å². The first-order valence-electron chi connectivity index (χ1n) is 9.40. The number of thioether (sulfide) groups is 1. The molecule has 158 valence electrons. The number of ether oxygens (including phenoxy) is 2. The zero-order chi connectivity index (χ0) is 21.8. The third-order valence-corrected chi connectivity index (χ3v) is 6.35. The Kier molecular flexibility index (Phi) is 6.70. The van der Waals surface area contributed by atoms with Gasteiger partial charge < -0.3 is 9.47 Å². The molecule has 0 aliphatic heterocycles. The van der Waals surface area contributed by atoms with Crippen molar-refractivity contribution in [2.24, 2.45) is 0 Å². The fourth-order valence-electron chi connectivity index (χ4n) is 3.07. The Balaban J connectivity index is 1.75. The Morgan fingerprint density at radius 2 is 1.55 bits per heavy atom. The molecule has 4 aromatic rings. The predicted octanol–water partition coefficient (Wildman–Crippen LogP) is 6.55. The summed E-state index contributed by atoms with van der Waals surface area (Å²) in [5.41, 5.74) is 2.85. The second-order valence-electron chi connectivity index (χ2n) is 6.62. The van der Waals surface area contributed by atoms with Crippen molar-refractivity contribution in [1.29, 1.82) is 0 Å². The third kappa shape index (κ3) is 4.82. The molecule has 3 aromatic carbocycles. The molecular formula is C23H19Cl2N3O2S. The summed E-state index contributed by atoms with van der Waals surface area (Å²) in [7, 11) is 3.25. The standard InChI is InChI=1S/C23H19Cl2N3O2S/c1-29-18-11-16(12-19(13-18)30-2)22-26-27-23(28(22)17-6-4-3-5-7-17)31-14-15-8-9-20(24)21(25)10-15/h3-13H,14H2,1-2H3. The normalized spacial score (nSPS) is 10.8. The van der Waals surface area contributed by atoms with Crippen LogP contribution in [0.4, 0.5) is 0 Å². The number of methoxy groups -OCH3 is 2. The van der Waals surface area contributed by atoms with Crippen LogP contribution in [0.15, 0.2) is 71.9 Å². The molecule has 31 heavy (non-hydrogen) atoms. The van der Waals surface area contributed by atoms with Gasteiger partial charge in [-0.2, -0.15) is 0 Å². The van der Waals surface area contributed by atoms with Gasteiger partial charge in [0.05, 0.1) is 24.3 Å². The number of hydrogen-bond donors (Lipinski definition) is 0. The SMILES string of the molecule is COc1cc(OC)cc(-c2nnc(SCc3ccc(Cl)c(Cl)c3)n2-c2ccccc2)c1. The van der Waals surface area contributed by atoms with Crippen molar-refractivity contribution in [2.75, 3.05) is 14.2 Å². The van der Waals surface area contributed by atoms with Crippen LogP contribution in [0.5, 0.6) is 11.5 Å². The van der Waals surface area contributed by atoms with E-state index in [0.717, 1.165) is 22.0 Å². The van der Waals surface area contributed by atoms with Crippen molar-refractivity contribution >= 4 is 35.0 Å². The molecule has 0 amide bonds. The average molecular weight is 472 g/mol. The Morgan fingerprint density at radius 1 is 0.839 bits per heavy atom. The zero-order valence-electron chi connectivity index (χ0n) is 16.9. The monoisotopic (exact) mass is 471 g/mol. The summed E-state index contributed by atoms with van der Waals surface area (Å²) >= 11 is 13.8. The van der Waals surface area contributed by atoms with Crippen molar-refractivity contribution in [2.45, 2.75) is 10.9 Å². The van der Waals surface area contributed by atoms with Crippen LogP contribution in [0.2, 0.25) is 10.0 Å². The van der Waals surface area contributed by atoms with Crippen molar-refractivity contribution in [3.8, 4) is 28.6 Å². The summed E-state index contributed by atoms with van der Waals surface area (Å²) in [6.45, 7) is 0.